The van der Waals surface area contributed by atoms with Crippen LogP contribution >= 0.6 is 0 Å². The van der Waals surface area contributed by atoms with Gasteiger partial charge in [0.25, 0.3) is 0 Å². The lowest BCUT2D eigenvalue weighted by Gasteiger charge is -2.29. The Labute approximate surface area is 190 Å². The number of rotatable bonds is 7. The molecule has 0 bridgehead atoms. The number of carbonyl (C=O) groups is 1. The van der Waals surface area contributed by atoms with Crippen LogP contribution < -0.4 is 4.74 Å². The van der Waals surface area contributed by atoms with Gasteiger partial charge in [0, 0.05) is 19.2 Å². The van der Waals surface area contributed by atoms with Crippen LogP contribution in [0.4, 0.5) is 0 Å². The Morgan fingerprint density at radius 2 is 1.91 bits per heavy atom. The Bertz CT molecular complexity index is 1130. The topological polar surface area (TPSA) is 53.4 Å². The molecule has 1 aliphatic rings. The van der Waals surface area contributed by atoms with Crippen LogP contribution in [-0.4, -0.2) is 22.7 Å². The summed E-state index contributed by atoms with van der Waals surface area (Å²) in [6.45, 7) is 9.21. The van der Waals surface area contributed by atoms with Crippen LogP contribution in [0.2, 0.25) is 0 Å². The molecule has 0 fully saturated rings. The predicted molar refractivity (Wildman–Crippen MR) is 125 cm³/mol. The minimum Gasteiger partial charge on any atom is -0.472 e. The van der Waals surface area contributed by atoms with Gasteiger partial charge in [0.2, 0.25) is 5.88 Å². The Morgan fingerprint density at radius 1 is 1.16 bits per heavy atom. The fourth-order valence-corrected chi connectivity index (χ4v) is 4.73. The number of nitrogens with zero attached hydrogens (tertiary/aromatic N) is 2. The average molecular weight is 433 g/mol. The van der Waals surface area contributed by atoms with Crippen molar-refractivity contribution in [3.8, 4) is 5.88 Å². The summed E-state index contributed by atoms with van der Waals surface area (Å²) >= 11 is 0. The summed E-state index contributed by atoms with van der Waals surface area (Å²) in [6.07, 6.45) is 4.81. The highest BCUT2D eigenvalue weighted by Gasteiger charge is 2.29. The zero-order valence-electron chi connectivity index (χ0n) is 19.7. The molecule has 0 aliphatic heterocycles. The second-order valence-electron chi connectivity index (χ2n) is 8.66. The van der Waals surface area contributed by atoms with Crippen molar-refractivity contribution in [2.24, 2.45) is 0 Å². The second kappa shape index (κ2) is 9.29. The van der Waals surface area contributed by atoms with Crippen LogP contribution in [0.5, 0.6) is 5.88 Å². The van der Waals surface area contributed by atoms with E-state index in [4.69, 9.17) is 9.47 Å². The summed E-state index contributed by atoms with van der Waals surface area (Å²) in [5.41, 5.74) is 8.16. The van der Waals surface area contributed by atoms with Crippen molar-refractivity contribution in [2.75, 3.05) is 7.11 Å². The van der Waals surface area contributed by atoms with Crippen LogP contribution in [-0.2, 0) is 24.3 Å². The molecule has 0 saturated heterocycles. The first-order valence-corrected chi connectivity index (χ1v) is 11.4. The normalized spacial score (nSPS) is 15.5. The zero-order chi connectivity index (χ0) is 22.8. The van der Waals surface area contributed by atoms with E-state index in [0.29, 0.717) is 30.2 Å². The van der Waals surface area contributed by atoms with Crippen molar-refractivity contribution in [1.29, 1.82) is 0 Å². The molecule has 0 saturated carbocycles. The van der Waals surface area contributed by atoms with E-state index in [0.717, 1.165) is 36.0 Å². The fraction of sp³-hybridized carbons (Fsp3) is 0.407. The lowest BCUT2D eigenvalue weighted by atomic mass is 9.80. The van der Waals surface area contributed by atoms with Gasteiger partial charge in [0.1, 0.15) is 12.2 Å². The number of ether oxygens (including phenoxy) is 2. The van der Waals surface area contributed by atoms with Gasteiger partial charge in [-0.3, -0.25) is 4.79 Å². The van der Waals surface area contributed by atoms with Gasteiger partial charge in [-0.25, -0.2) is 4.68 Å². The highest BCUT2D eigenvalue weighted by molar-refractivity contribution is 6.11. The Balaban J connectivity index is 1.70. The summed E-state index contributed by atoms with van der Waals surface area (Å²) in [6, 6.07) is 10.2. The lowest BCUT2D eigenvalue weighted by molar-refractivity contribution is 0.0872. The quantitative estimate of drug-likeness (QED) is 0.452. The van der Waals surface area contributed by atoms with Gasteiger partial charge in [-0.05, 0) is 80.8 Å². The maximum Gasteiger partial charge on any atom is 0.223 e. The average Bonchev–Trinajstić information content (AvgIpc) is 3.23. The maximum absolute atomic E-state index is 13.7. The number of hydrogen-bond donors (Lipinski definition) is 0. The number of hydrogen-bond acceptors (Lipinski definition) is 4. The maximum atomic E-state index is 13.7. The largest absolute Gasteiger partial charge is 0.472 e. The molecule has 0 N–H and O–H groups in total. The molecular formula is C27H32N2O3. The third kappa shape index (κ3) is 4.09. The monoisotopic (exact) mass is 432 g/mol. The predicted octanol–water partition coefficient (Wildman–Crippen LogP) is 5.66. The fourth-order valence-electron chi connectivity index (χ4n) is 4.73. The van der Waals surface area contributed by atoms with Crippen LogP contribution in [0.3, 0.4) is 0 Å². The molecule has 5 nitrogen and oxygen atoms in total. The highest BCUT2D eigenvalue weighted by atomic mass is 16.5. The number of aromatic nitrogens is 2. The molecule has 1 unspecified atom stereocenters. The zero-order valence-corrected chi connectivity index (χ0v) is 19.7. The van der Waals surface area contributed by atoms with Crippen molar-refractivity contribution in [2.45, 2.75) is 66.2 Å². The first-order chi connectivity index (χ1) is 15.4. The molecule has 3 aromatic rings. The van der Waals surface area contributed by atoms with E-state index in [1.54, 1.807) is 18.0 Å². The number of benzene rings is 2. The Morgan fingerprint density at radius 3 is 2.59 bits per heavy atom. The standard InChI is InChI=1S/C27H32N2O3/c1-6-29-27(32-16-20-12-10-17(2)11-13-20)23(15-28-29)26(30)22-14-18(3)21-8-7-9-24(31-5)25(21)19(22)4/h10-15,24H,6-9,16H2,1-5H3. The summed E-state index contributed by atoms with van der Waals surface area (Å²) in [7, 11) is 1.76. The number of methoxy groups -OCH3 is 1. The van der Waals surface area contributed by atoms with E-state index in [9.17, 15) is 4.79 Å². The molecule has 0 spiro atoms. The molecule has 1 aliphatic carbocycles. The highest BCUT2D eigenvalue weighted by Crippen LogP contribution is 2.38. The second-order valence-corrected chi connectivity index (χ2v) is 8.66. The van der Waals surface area contributed by atoms with Gasteiger partial charge in [-0.1, -0.05) is 29.8 Å². The van der Waals surface area contributed by atoms with E-state index < -0.39 is 0 Å². The number of aryl methyl sites for hydroxylation is 3. The third-order valence-corrected chi connectivity index (χ3v) is 6.55. The molecular weight excluding hydrogens is 400 g/mol. The van der Waals surface area contributed by atoms with Gasteiger partial charge < -0.3 is 9.47 Å². The molecule has 32 heavy (non-hydrogen) atoms. The first kappa shape index (κ1) is 22.3. The smallest absolute Gasteiger partial charge is 0.223 e. The van der Waals surface area contributed by atoms with E-state index >= 15 is 0 Å². The first-order valence-electron chi connectivity index (χ1n) is 11.4. The molecule has 1 aromatic heterocycles. The lowest BCUT2D eigenvalue weighted by Crippen LogP contribution is -2.18. The van der Waals surface area contributed by atoms with Crippen molar-refractivity contribution in [3.05, 3.63) is 81.0 Å². The van der Waals surface area contributed by atoms with Crippen LogP contribution in [0.25, 0.3) is 0 Å². The molecule has 0 radical (unpaired) electrons. The molecule has 1 atom stereocenters. The molecule has 4 rings (SSSR count). The van der Waals surface area contributed by atoms with E-state index in [1.165, 1.54) is 16.7 Å². The van der Waals surface area contributed by atoms with Gasteiger partial charge >= 0.3 is 0 Å². The summed E-state index contributed by atoms with van der Waals surface area (Å²) in [5.74, 6) is 0.476. The molecule has 1 heterocycles. The van der Waals surface area contributed by atoms with Crippen LogP contribution in [0.15, 0.2) is 36.5 Å². The number of ketones is 1. The van der Waals surface area contributed by atoms with Crippen molar-refractivity contribution < 1.29 is 14.3 Å². The summed E-state index contributed by atoms with van der Waals surface area (Å²) in [5, 5.41) is 4.42. The molecule has 5 heteroatoms. The summed E-state index contributed by atoms with van der Waals surface area (Å²) in [4.78, 5) is 13.7. The van der Waals surface area contributed by atoms with E-state index in [2.05, 4.69) is 31.1 Å². The van der Waals surface area contributed by atoms with Gasteiger partial charge in [-0.2, -0.15) is 5.10 Å². The van der Waals surface area contributed by atoms with Crippen LogP contribution in [0.1, 0.15) is 75.2 Å². The van der Waals surface area contributed by atoms with Crippen molar-refractivity contribution in [3.63, 3.8) is 0 Å². The Kier molecular flexibility index (Phi) is 6.47. The van der Waals surface area contributed by atoms with Gasteiger partial charge in [0.15, 0.2) is 5.78 Å². The van der Waals surface area contributed by atoms with Gasteiger partial charge in [0.05, 0.1) is 12.3 Å². The molecule has 168 valence electrons. The summed E-state index contributed by atoms with van der Waals surface area (Å²) < 4.78 is 13.7. The van der Waals surface area contributed by atoms with E-state index in [1.807, 2.05) is 32.0 Å². The minimum absolute atomic E-state index is 0.0424. The van der Waals surface area contributed by atoms with Crippen LogP contribution in [0, 0.1) is 20.8 Å². The van der Waals surface area contributed by atoms with E-state index in [-0.39, 0.29) is 11.9 Å². The minimum atomic E-state index is -0.0487. The number of carbonyl (C=O) groups excluding carboxylic acids is 1. The van der Waals surface area contributed by atoms with Crippen molar-refractivity contribution in [1.82, 2.24) is 9.78 Å². The Hall–Kier alpha value is -2.92. The third-order valence-electron chi connectivity index (χ3n) is 6.55. The molecule has 0 amide bonds. The number of fused-ring (bicyclic) bond motifs is 1. The molecule has 2 aromatic carbocycles. The SMILES string of the molecule is CCn1ncc(C(=O)c2cc(C)c3c(c2C)C(OC)CCC3)c1OCc1ccc(C)cc1. The van der Waals surface area contributed by atoms with Gasteiger partial charge in [-0.15, -0.1) is 0 Å². The van der Waals surface area contributed by atoms with Crippen molar-refractivity contribution >= 4 is 5.78 Å².